The summed E-state index contributed by atoms with van der Waals surface area (Å²) in [7, 11) is 0. The summed E-state index contributed by atoms with van der Waals surface area (Å²) in [6, 6.07) is 43.1. The maximum Gasteiger partial charge on any atom is 0.229 e. The zero-order valence-electron chi connectivity index (χ0n) is 25.0. The Morgan fingerprint density at radius 1 is 0.659 bits per heavy atom. The van der Waals surface area contributed by atoms with Gasteiger partial charge in [0.1, 0.15) is 11.3 Å². The smallest absolute Gasteiger partial charge is 0.229 e. The van der Waals surface area contributed by atoms with Gasteiger partial charge in [0.2, 0.25) is 5.89 Å². The Kier molecular flexibility index (Phi) is 6.83. The predicted molar refractivity (Wildman–Crippen MR) is 182 cm³/mol. The Morgan fingerprint density at radius 3 is 2.25 bits per heavy atom. The Bertz CT molecular complexity index is 2180. The first-order chi connectivity index (χ1) is 21.3. The molecule has 0 fully saturated rings. The van der Waals surface area contributed by atoms with Crippen LogP contribution in [-0.4, -0.2) is 16.3 Å². The van der Waals surface area contributed by atoms with Gasteiger partial charge in [0.15, 0.2) is 5.58 Å². The molecule has 0 radical (unpaired) electrons. The van der Waals surface area contributed by atoms with Gasteiger partial charge in [-0.15, -0.1) is 0 Å². The fourth-order valence-corrected chi connectivity index (χ4v) is 5.56. The minimum atomic E-state index is -0.0426. The quantitative estimate of drug-likeness (QED) is 0.209. The zero-order valence-corrected chi connectivity index (χ0v) is 25.0. The van der Waals surface area contributed by atoms with Crippen LogP contribution in [0.3, 0.4) is 0 Å². The molecule has 44 heavy (non-hydrogen) atoms. The van der Waals surface area contributed by atoms with Crippen molar-refractivity contribution in [3.05, 3.63) is 139 Å². The normalized spacial score (nSPS) is 12.0. The van der Waals surface area contributed by atoms with E-state index in [0.29, 0.717) is 22.7 Å². The van der Waals surface area contributed by atoms with Crippen molar-refractivity contribution in [2.24, 2.45) is 4.99 Å². The van der Waals surface area contributed by atoms with E-state index in [9.17, 15) is 5.11 Å². The molecule has 0 saturated heterocycles. The summed E-state index contributed by atoms with van der Waals surface area (Å²) in [5.41, 5.74) is 9.14. The van der Waals surface area contributed by atoms with Crippen molar-refractivity contribution in [3.63, 3.8) is 0 Å². The number of nitrogens with zero attached hydrogens (tertiary/aromatic N) is 2. The van der Waals surface area contributed by atoms with Crippen LogP contribution >= 0.6 is 0 Å². The molecule has 0 aliphatic heterocycles. The maximum atomic E-state index is 10.5. The minimum absolute atomic E-state index is 0.0426. The van der Waals surface area contributed by atoms with Crippen LogP contribution < -0.4 is 0 Å². The first-order valence-corrected chi connectivity index (χ1v) is 14.8. The first-order valence-electron chi connectivity index (χ1n) is 14.8. The third-order valence-corrected chi connectivity index (χ3v) is 8.05. The van der Waals surface area contributed by atoms with E-state index in [4.69, 9.17) is 14.4 Å². The van der Waals surface area contributed by atoms with E-state index in [-0.39, 0.29) is 11.2 Å². The predicted octanol–water partition coefficient (Wildman–Crippen LogP) is 10.7. The molecule has 6 aromatic carbocycles. The van der Waals surface area contributed by atoms with Gasteiger partial charge >= 0.3 is 0 Å². The fourth-order valence-electron chi connectivity index (χ4n) is 5.56. The number of rotatable bonds is 5. The van der Waals surface area contributed by atoms with Crippen molar-refractivity contribution in [1.29, 1.82) is 0 Å². The molecule has 214 valence electrons. The molecule has 7 rings (SSSR count). The largest absolute Gasteiger partial charge is 0.507 e. The summed E-state index contributed by atoms with van der Waals surface area (Å²) >= 11 is 0. The monoisotopic (exact) mass is 572 g/mol. The Morgan fingerprint density at radius 2 is 1.39 bits per heavy atom. The standard InChI is InChI=1S/C40H32N2O2/c1-40(2,3)32-20-21-36(43)31(24-32)25-41-35-16-7-6-14-34(35)39-42-38-33(15-9-17-37(38)44-39)30-13-8-12-28(23-30)29-19-18-26-10-4-5-11-27(26)22-29/h4-25,43H,1-3H3. The summed E-state index contributed by atoms with van der Waals surface area (Å²) in [4.78, 5) is 9.76. The molecule has 4 nitrogen and oxygen atoms in total. The van der Waals surface area contributed by atoms with Crippen LogP contribution in [0.25, 0.3) is 55.6 Å². The molecule has 1 aromatic heterocycles. The molecular formula is C40H32N2O2. The first kappa shape index (κ1) is 27.4. The van der Waals surface area contributed by atoms with Gasteiger partial charge in [-0.1, -0.05) is 106 Å². The van der Waals surface area contributed by atoms with Crippen LogP contribution in [0.5, 0.6) is 5.75 Å². The number of para-hydroxylation sites is 2. The van der Waals surface area contributed by atoms with Crippen LogP contribution in [0, 0.1) is 0 Å². The lowest BCUT2D eigenvalue weighted by Crippen LogP contribution is -2.11. The third kappa shape index (κ3) is 5.27. The van der Waals surface area contributed by atoms with Crippen LogP contribution in [0.1, 0.15) is 31.9 Å². The highest BCUT2D eigenvalue weighted by Gasteiger charge is 2.17. The molecule has 0 atom stereocenters. The van der Waals surface area contributed by atoms with E-state index >= 15 is 0 Å². The van der Waals surface area contributed by atoms with Gasteiger partial charge in [-0.25, -0.2) is 4.98 Å². The summed E-state index contributed by atoms with van der Waals surface area (Å²) in [5, 5.41) is 13.0. The van der Waals surface area contributed by atoms with E-state index in [1.165, 1.54) is 16.3 Å². The van der Waals surface area contributed by atoms with Crippen molar-refractivity contribution in [3.8, 4) is 39.5 Å². The Balaban J connectivity index is 1.26. The molecule has 1 N–H and O–H groups in total. The number of benzene rings is 6. The van der Waals surface area contributed by atoms with Gasteiger partial charge in [0.25, 0.3) is 0 Å². The molecule has 0 saturated carbocycles. The fraction of sp³-hybridized carbons (Fsp3) is 0.100. The van der Waals surface area contributed by atoms with Crippen LogP contribution in [0.4, 0.5) is 5.69 Å². The Hall–Kier alpha value is -5.48. The van der Waals surface area contributed by atoms with Gasteiger partial charge in [0.05, 0.1) is 11.3 Å². The van der Waals surface area contributed by atoms with E-state index in [1.807, 2.05) is 48.5 Å². The molecule has 4 heteroatoms. The molecule has 0 amide bonds. The summed E-state index contributed by atoms with van der Waals surface area (Å²) < 4.78 is 6.33. The Labute approximate surface area is 257 Å². The average Bonchev–Trinajstić information content (AvgIpc) is 3.48. The lowest BCUT2D eigenvalue weighted by molar-refractivity contribution is 0.473. The topological polar surface area (TPSA) is 58.6 Å². The van der Waals surface area contributed by atoms with Gasteiger partial charge in [-0.2, -0.15) is 0 Å². The lowest BCUT2D eigenvalue weighted by Gasteiger charge is -2.19. The third-order valence-electron chi connectivity index (χ3n) is 8.05. The summed E-state index contributed by atoms with van der Waals surface area (Å²) in [5.74, 6) is 0.690. The van der Waals surface area contributed by atoms with E-state index in [1.54, 1.807) is 12.3 Å². The second kappa shape index (κ2) is 11.0. The average molecular weight is 573 g/mol. The highest BCUT2D eigenvalue weighted by atomic mass is 16.3. The van der Waals surface area contributed by atoms with Crippen molar-refractivity contribution >= 4 is 33.8 Å². The van der Waals surface area contributed by atoms with Crippen LogP contribution in [-0.2, 0) is 5.41 Å². The number of oxazole rings is 1. The molecule has 7 aromatic rings. The number of hydrogen-bond donors (Lipinski definition) is 1. The zero-order chi connectivity index (χ0) is 30.3. The SMILES string of the molecule is CC(C)(C)c1ccc(O)c(C=Nc2ccccc2-c2nc3c(-c4cccc(-c5ccc6ccccc6c5)c4)cccc3o2)c1. The van der Waals surface area contributed by atoms with E-state index < -0.39 is 0 Å². The molecule has 0 spiro atoms. The summed E-state index contributed by atoms with van der Waals surface area (Å²) in [6.45, 7) is 6.45. The van der Waals surface area contributed by atoms with Crippen molar-refractivity contribution in [1.82, 2.24) is 4.98 Å². The molecule has 0 aliphatic rings. The van der Waals surface area contributed by atoms with Gasteiger partial charge in [-0.05, 0) is 80.9 Å². The second-order valence-corrected chi connectivity index (χ2v) is 12.1. The molecule has 0 bridgehead atoms. The minimum Gasteiger partial charge on any atom is -0.507 e. The molecule has 0 unspecified atom stereocenters. The number of fused-ring (bicyclic) bond motifs is 2. The highest BCUT2D eigenvalue weighted by molar-refractivity contribution is 5.95. The van der Waals surface area contributed by atoms with Crippen molar-refractivity contribution in [2.45, 2.75) is 26.2 Å². The molecule has 1 heterocycles. The molecular weight excluding hydrogens is 540 g/mol. The number of aliphatic imine (C=N–C) groups is 1. The highest BCUT2D eigenvalue weighted by Crippen LogP contribution is 2.37. The lowest BCUT2D eigenvalue weighted by atomic mass is 9.86. The number of phenolic OH excluding ortho intramolecular Hbond substituents is 1. The van der Waals surface area contributed by atoms with Gasteiger partial charge < -0.3 is 9.52 Å². The maximum absolute atomic E-state index is 10.5. The second-order valence-electron chi connectivity index (χ2n) is 12.1. The molecule has 0 aliphatic carbocycles. The van der Waals surface area contributed by atoms with Gasteiger partial charge in [0, 0.05) is 17.3 Å². The van der Waals surface area contributed by atoms with E-state index in [0.717, 1.165) is 33.3 Å². The number of phenols is 1. The number of aromatic nitrogens is 1. The van der Waals surface area contributed by atoms with Crippen molar-refractivity contribution in [2.75, 3.05) is 0 Å². The van der Waals surface area contributed by atoms with Crippen LogP contribution in [0.2, 0.25) is 0 Å². The van der Waals surface area contributed by atoms with Crippen molar-refractivity contribution < 1.29 is 9.52 Å². The van der Waals surface area contributed by atoms with Gasteiger partial charge in [-0.3, -0.25) is 4.99 Å². The summed E-state index contributed by atoms with van der Waals surface area (Å²) in [6.07, 6.45) is 1.70. The van der Waals surface area contributed by atoms with E-state index in [2.05, 4.69) is 93.6 Å². The number of aromatic hydroxyl groups is 1. The number of hydrogen-bond acceptors (Lipinski definition) is 4. The van der Waals surface area contributed by atoms with Crippen LogP contribution in [0.15, 0.2) is 137 Å².